The molecule has 0 aliphatic carbocycles. The number of ether oxygens (including phenoxy) is 1. The maximum Gasteiger partial charge on any atom is 0.340 e. The van der Waals surface area contributed by atoms with Crippen molar-refractivity contribution in [1.29, 1.82) is 0 Å². The zero-order chi connectivity index (χ0) is 17.2. The van der Waals surface area contributed by atoms with Gasteiger partial charge < -0.3 is 14.2 Å². The predicted octanol–water partition coefficient (Wildman–Crippen LogP) is 3.88. The molecular weight excluding hydrogens is 318 g/mol. The molecular formula is C19H15N3O3. The summed E-state index contributed by atoms with van der Waals surface area (Å²) in [6.07, 6.45) is 1.64. The largest absolute Gasteiger partial charge is 0.452 e. The van der Waals surface area contributed by atoms with Crippen molar-refractivity contribution in [2.75, 3.05) is 0 Å². The molecule has 0 saturated carbocycles. The summed E-state index contributed by atoms with van der Waals surface area (Å²) in [6.45, 7) is 1.90. The van der Waals surface area contributed by atoms with E-state index in [0.29, 0.717) is 11.4 Å². The summed E-state index contributed by atoms with van der Waals surface area (Å²) >= 11 is 0. The molecule has 124 valence electrons. The van der Waals surface area contributed by atoms with Crippen molar-refractivity contribution < 1.29 is 14.1 Å². The fourth-order valence-corrected chi connectivity index (χ4v) is 2.69. The van der Waals surface area contributed by atoms with Gasteiger partial charge in [0.15, 0.2) is 6.61 Å². The lowest BCUT2D eigenvalue weighted by molar-refractivity contribution is 0.0432. The first-order valence-electron chi connectivity index (χ1n) is 7.84. The Morgan fingerprint density at radius 3 is 2.84 bits per heavy atom. The molecule has 0 saturated heterocycles. The van der Waals surface area contributed by atoms with Crippen molar-refractivity contribution in [1.82, 2.24) is 15.1 Å². The number of aromatic nitrogens is 3. The lowest BCUT2D eigenvalue weighted by Crippen LogP contribution is -2.04. The number of hydrogen-bond acceptors (Lipinski definition) is 5. The van der Waals surface area contributed by atoms with Crippen molar-refractivity contribution in [3.8, 4) is 11.4 Å². The van der Waals surface area contributed by atoms with E-state index < -0.39 is 5.97 Å². The number of carbonyl (C=O) groups excluding carboxylic acids is 1. The second-order valence-electron chi connectivity index (χ2n) is 5.65. The first kappa shape index (κ1) is 15.1. The molecule has 0 spiro atoms. The highest BCUT2D eigenvalue weighted by molar-refractivity contribution is 6.03. The van der Waals surface area contributed by atoms with Gasteiger partial charge in [0, 0.05) is 22.7 Å². The maximum atomic E-state index is 12.3. The molecule has 4 aromatic rings. The second-order valence-corrected chi connectivity index (χ2v) is 5.65. The lowest BCUT2D eigenvalue weighted by Gasteiger charge is -2.00. The fraction of sp³-hybridized carbons (Fsp3) is 0.105. The number of fused-ring (bicyclic) bond motifs is 1. The minimum absolute atomic E-state index is 0.0722. The van der Waals surface area contributed by atoms with E-state index in [4.69, 9.17) is 9.26 Å². The van der Waals surface area contributed by atoms with E-state index in [0.717, 1.165) is 22.0 Å². The number of hydrogen-bond donors (Lipinski definition) is 1. The Morgan fingerprint density at radius 1 is 1.16 bits per heavy atom. The van der Waals surface area contributed by atoms with Crippen LogP contribution in [0.2, 0.25) is 0 Å². The number of nitrogens with zero attached hydrogens (tertiary/aromatic N) is 2. The Balaban J connectivity index is 1.49. The first-order chi connectivity index (χ1) is 12.2. The first-order valence-corrected chi connectivity index (χ1v) is 7.84. The molecule has 0 bridgehead atoms. The summed E-state index contributed by atoms with van der Waals surface area (Å²) < 4.78 is 10.5. The van der Waals surface area contributed by atoms with Crippen LogP contribution in [0.1, 0.15) is 21.8 Å². The smallest absolute Gasteiger partial charge is 0.340 e. The number of para-hydroxylation sites is 1. The summed E-state index contributed by atoms with van der Waals surface area (Å²) in [4.78, 5) is 19.6. The van der Waals surface area contributed by atoms with Crippen LogP contribution in [-0.4, -0.2) is 21.1 Å². The Labute approximate surface area is 143 Å². The van der Waals surface area contributed by atoms with Gasteiger partial charge >= 0.3 is 5.97 Å². The number of H-pyrrole nitrogens is 1. The second kappa shape index (κ2) is 6.24. The Morgan fingerprint density at radius 2 is 1.96 bits per heavy atom. The van der Waals surface area contributed by atoms with Gasteiger partial charge in [-0.15, -0.1) is 0 Å². The highest BCUT2D eigenvalue weighted by Crippen LogP contribution is 2.21. The van der Waals surface area contributed by atoms with Crippen molar-refractivity contribution >= 4 is 16.9 Å². The molecule has 0 unspecified atom stereocenters. The Bertz CT molecular complexity index is 1050. The molecule has 6 heteroatoms. The van der Waals surface area contributed by atoms with E-state index in [-0.39, 0.29) is 12.5 Å². The van der Waals surface area contributed by atoms with Crippen LogP contribution in [0.3, 0.4) is 0 Å². The van der Waals surface area contributed by atoms with E-state index in [1.807, 2.05) is 55.5 Å². The van der Waals surface area contributed by atoms with Gasteiger partial charge in [-0.1, -0.05) is 47.6 Å². The number of aryl methyl sites for hydroxylation is 1. The highest BCUT2D eigenvalue weighted by atomic mass is 16.6. The van der Waals surface area contributed by atoms with Gasteiger partial charge in [-0.05, 0) is 18.6 Å². The van der Waals surface area contributed by atoms with Crippen LogP contribution in [0.15, 0.2) is 59.3 Å². The van der Waals surface area contributed by atoms with E-state index >= 15 is 0 Å². The van der Waals surface area contributed by atoms with Crippen LogP contribution in [0.4, 0.5) is 0 Å². The number of nitrogens with one attached hydrogen (secondary N) is 1. The number of carbonyl (C=O) groups is 1. The van der Waals surface area contributed by atoms with E-state index in [9.17, 15) is 4.79 Å². The predicted molar refractivity (Wildman–Crippen MR) is 91.9 cm³/mol. The number of esters is 1. The highest BCUT2D eigenvalue weighted by Gasteiger charge is 2.16. The third kappa shape index (κ3) is 2.89. The van der Waals surface area contributed by atoms with Crippen LogP contribution < -0.4 is 0 Å². The normalized spacial score (nSPS) is 10.9. The van der Waals surface area contributed by atoms with Crippen LogP contribution in [0, 0.1) is 6.92 Å². The van der Waals surface area contributed by atoms with Crippen LogP contribution in [0.5, 0.6) is 0 Å². The zero-order valence-corrected chi connectivity index (χ0v) is 13.5. The fourth-order valence-electron chi connectivity index (χ4n) is 2.69. The van der Waals surface area contributed by atoms with E-state index in [1.165, 1.54) is 0 Å². The van der Waals surface area contributed by atoms with Gasteiger partial charge in [0.2, 0.25) is 5.82 Å². The molecule has 6 nitrogen and oxygen atoms in total. The molecule has 0 aliphatic heterocycles. The van der Waals surface area contributed by atoms with E-state index in [1.54, 1.807) is 6.20 Å². The number of rotatable bonds is 4. The van der Waals surface area contributed by atoms with Gasteiger partial charge in [0.25, 0.3) is 5.89 Å². The minimum atomic E-state index is -0.437. The van der Waals surface area contributed by atoms with Gasteiger partial charge in [-0.3, -0.25) is 0 Å². The standard InChI is InChI=1S/C19H15N3O3/c1-12-6-2-3-7-13(12)18-21-17(25-22-18)11-24-19(23)15-10-20-16-9-5-4-8-14(15)16/h2-10,20H,11H2,1H3. The summed E-state index contributed by atoms with van der Waals surface area (Å²) in [7, 11) is 0. The maximum absolute atomic E-state index is 12.3. The molecule has 0 radical (unpaired) electrons. The van der Waals surface area contributed by atoms with Crippen LogP contribution in [-0.2, 0) is 11.3 Å². The third-order valence-corrected chi connectivity index (χ3v) is 3.99. The minimum Gasteiger partial charge on any atom is -0.452 e. The average molecular weight is 333 g/mol. The van der Waals surface area contributed by atoms with Gasteiger partial charge in [0.05, 0.1) is 5.56 Å². The van der Waals surface area contributed by atoms with Crippen molar-refractivity contribution in [2.45, 2.75) is 13.5 Å². The topological polar surface area (TPSA) is 81.0 Å². The molecule has 0 fully saturated rings. The molecule has 0 aliphatic rings. The van der Waals surface area contributed by atoms with Crippen molar-refractivity contribution in [3.05, 3.63) is 71.7 Å². The Hall–Kier alpha value is -3.41. The van der Waals surface area contributed by atoms with Gasteiger partial charge in [-0.25, -0.2) is 4.79 Å². The Kier molecular flexibility index (Phi) is 3.78. The zero-order valence-electron chi connectivity index (χ0n) is 13.5. The van der Waals surface area contributed by atoms with E-state index in [2.05, 4.69) is 15.1 Å². The molecule has 0 amide bonds. The van der Waals surface area contributed by atoms with Crippen LogP contribution in [0.25, 0.3) is 22.3 Å². The summed E-state index contributed by atoms with van der Waals surface area (Å²) in [6, 6.07) is 15.3. The molecule has 25 heavy (non-hydrogen) atoms. The average Bonchev–Trinajstić information content (AvgIpc) is 3.27. The molecule has 2 aromatic heterocycles. The number of aromatic amines is 1. The summed E-state index contributed by atoms with van der Waals surface area (Å²) in [5.74, 6) is 0.302. The van der Waals surface area contributed by atoms with Gasteiger partial charge in [-0.2, -0.15) is 4.98 Å². The van der Waals surface area contributed by atoms with Crippen molar-refractivity contribution in [3.63, 3.8) is 0 Å². The summed E-state index contributed by atoms with van der Waals surface area (Å²) in [5, 5.41) is 4.77. The molecule has 1 N–H and O–H groups in total. The van der Waals surface area contributed by atoms with Gasteiger partial charge in [0.1, 0.15) is 0 Å². The number of benzene rings is 2. The molecule has 0 atom stereocenters. The molecule has 2 aromatic carbocycles. The molecule has 2 heterocycles. The SMILES string of the molecule is Cc1ccccc1-c1noc(COC(=O)c2c[nH]c3ccccc23)n1. The van der Waals surface area contributed by atoms with Crippen LogP contribution >= 0.6 is 0 Å². The third-order valence-electron chi connectivity index (χ3n) is 3.99. The monoisotopic (exact) mass is 333 g/mol. The van der Waals surface area contributed by atoms with Crippen molar-refractivity contribution in [2.24, 2.45) is 0 Å². The lowest BCUT2D eigenvalue weighted by atomic mass is 10.1. The quantitative estimate of drug-likeness (QED) is 0.573. The molecule has 4 rings (SSSR count). The summed E-state index contributed by atoms with van der Waals surface area (Å²) in [5.41, 5.74) is 3.30.